The van der Waals surface area contributed by atoms with E-state index < -0.39 is 0 Å². The monoisotopic (exact) mass is 295 g/mol. The third-order valence-corrected chi connectivity index (χ3v) is 3.37. The largest absolute Gasteiger partial charge is 0.508 e. The quantitative estimate of drug-likeness (QED) is 0.854. The van der Waals surface area contributed by atoms with Gasteiger partial charge in [-0.1, -0.05) is 35.3 Å². The van der Waals surface area contributed by atoms with Crippen molar-refractivity contribution < 1.29 is 5.11 Å². The lowest BCUT2D eigenvalue weighted by Crippen LogP contribution is -2.18. The van der Waals surface area contributed by atoms with Crippen molar-refractivity contribution in [2.24, 2.45) is 0 Å². The van der Waals surface area contributed by atoms with Gasteiger partial charge in [-0.3, -0.25) is 0 Å². The summed E-state index contributed by atoms with van der Waals surface area (Å²) in [6, 6.07) is 12.8. The Morgan fingerprint density at radius 1 is 1.11 bits per heavy atom. The molecule has 0 aromatic heterocycles. The summed E-state index contributed by atoms with van der Waals surface area (Å²) in [5.74, 6) is 0.280. The average Bonchev–Trinajstić information content (AvgIpc) is 2.37. The molecule has 0 radical (unpaired) electrons. The number of aromatic hydroxyl groups is 1. The molecule has 0 saturated heterocycles. The van der Waals surface area contributed by atoms with Gasteiger partial charge < -0.3 is 10.4 Å². The summed E-state index contributed by atoms with van der Waals surface area (Å²) < 4.78 is 0. The third kappa shape index (κ3) is 4.05. The van der Waals surface area contributed by atoms with Crippen LogP contribution in [-0.2, 0) is 6.42 Å². The molecule has 0 amide bonds. The Hall–Kier alpha value is -1.38. The summed E-state index contributed by atoms with van der Waals surface area (Å²) in [6.45, 7) is 2.07. The summed E-state index contributed by atoms with van der Waals surface area (Å²) in [5.41, 5.74) is 1.98. The first-order valence-electron chi connectivity index (χ1n) is 6.04. The Labute approximate surface area is 123 Å². The smallest absolute Gasteiger partial charge is 0.115 e. The topological polar surface area (TPSA) is 32.3 Å². The molecule has 0 aliphatic carbocycles. The lowest BCUT2D eigenvalue weighted by molar-refractivity contribution is 0.475. The van der Waals surface area contributed by atoms with E-state index in [0.29, 0.717) is 10.0 Å². The number of halogens is 2. The molecule has 1 unspecified atom stereocenters. The van der Waals surface area contributed by atoms with Crippen molar-refractivity contribution in [3.05, 3.63) is 58.1 Å². The van der Waals surface area contributed by atoms with Gasteiger partial charge in [-0.15, -0.1) is 0 Å². The van der Waals surface area contributed by atoms with Gasteiger partial charge in [0.2, 0.25) is 0 Å². The molecule has 100 valence electrons. The van der Waals surface area contributed by atoms with Crippen molar-refractivity contribution in [3.8, 4) is 5.75 Å². The Balaban J connectivity index is 2.02. The predicted molar refractivity (Wildman–Crippen MR) is 81.4 cm³/mol. The highest BCUT2D eigenvalue weighted by Gasteiger charge is 2.07. The summed E-state index contributed by atoms with van der Waals surface area (Å²) in [7, 11) is 0. The van der Waals surface area contributed by atoms with Crippen LogP contribution in [0.2, 0.25) is 10.0 Å². The number of rotatable bonds is 4. The number of benzene rings is 2. The molecule has 2 nitrogen and oxygen atoms in total. The first-order valence-corrected chi connectivity index (χ1v) is 6.79. The number of phenolic OH excluding ortho intramolecular Hbond substituents is 1. The summed E-state index contributed by atoms with van der Waals surface area (Å²) in [4.78, 5) is 0. The molecule has 0 heterocycles. The SMILES string of the molecule is CC(Cc1ccc(O)cc1)Nc1cc(Cl)ccc1Cl. The minimum Gasteiger partial charge on any atom is -0.508 e. The average molecular weight is 296 g/mol. The predicted octanol–water partition coefficient (Wildman–Crippen LogP) is 4.74. The molecule has 0 aliphatic heterocycles. The molecular formula is C15H15Cl2NO. The first kappa shape index (κ1) is 14.0. The number of hydrogen-bond donors (Lipinski definition) is 2. The first-order chi connectivity index (χ1) is 9.04. The van der Waals surface area contributed by atoms with Crippen LogP contribution in [0, 0.1) is 0 Å². The molecule has 2 N–H and O–H groups in total. The van der Waals surface area contributed by atoms with Crippen molar-refractivity contribution >= 4 is 28.9 Å². The van der Waals surface area contributed by atoms with Crippen molar-refractivity contribution in [1.29, 1.82) is 0 Å². The highest BCUT2D eigenvalue weighted by molar-refractivity contribution is 6.35. The fourth-order valence-electron chi connectivity index (χ4n) is 1.91. The van der Waals surface area contributed by atoms with Gasteiger partial charge in [0.05, 0.1) is 10.7 Å². The third-order valence-electron chi connectivity index (χ3n) is 2.81. The van der Waals surface area contributed by atoms with Crippen molar-refractivity contribution in [2.75, 3.05) is 5.32 Å². The zero-order chi connectivity index (χ0) is 13.8. The molecule has 2 aromatic carbocycles. The standard InChI is InChI=1S/C15H15Cl2NO/c1-10(8-11-2-5-13(19)6-3-11)18-15-9-12(16)4-7-14(15)17/h2-7,9-10,18-19H,8H2,1H3. The van der Waals surface area contributed by atoms with Gasteiger partial charge in [0.25, 0.3) is 0 Å². The summed E-state index contributed by atoms with van der Waals surface area (Å²) in [6.07, 6.45) is 0.836. The Kier molecular flexibility index (Phi) is 4.56. The van der Waals surface area contributed by atoms with E-state index >= 15 is 0 Å². The van der Waals surface area contributed by atoms with Crippen LogP contribution < -0.4 is 5.32 Å². The molecule has 0 spiro atoms. The van der Waals surface area contributed by atoms with Crippen LogP contribution in [0.5, 0.6) is 5.75 Å². The fourth-order valence-corrected chi connectivity index (χ4v) is 2.25. The molecule has 2 rings (SSSR count). The van der Waals surface area contributed by atoms with E-state index in [4.69, 9.17) is 23.2 Å². The van der Waals surface area contributed by atoms with Crippen molar-refractivity contribution in [1.82, 2.24) is 0 Å². The molecule has 0 fully saturated rings. The maximum atomic E-state index is 9.25. The lowest BCUT2D eigenvalue weighted by Gasteiger charge is -2.16. The molecule has 0 saturated carbocycles. The Bertz CT molecular complexity index is 555. The number of anilines is 1. The Morgan fingerprint density at radius 2 is 1.79 bits per heavy atom. The van der Waals surface area contributed by atoms with Gasteiger partial charge >= 0.3 is 0 Å². The molecule has 1 atom stereocenters. The summed E-state index contributed by atoms with van der Waals surface area (Å²) >= 11 is 12.1. The maximum Gasteiger partial charge on any atom is 0.115 e. The van der Waals surface area contributed by atoms with Gasteiger partial charge in [0.15, 0.2) is 0 Å². The van der Waals surface area contributed by atoms with Crippen molar-refractivity contribution in [3.63, 3.8) is 0 Å². The van der Waals surface area contributed by atoms with Crippen LogP contribution in [0.25, 0.3) is 0 Å². The molecular weight excluding hydrogens is 281 g/mol. The number of phenols is 1. The molecule has 0 bridgehead atoms. The fraction of sp³-hybridized carbons (Fsp3) is 0.200. The second-order valence-corrected chi connectivity index (χ2v) is 5.38. The molecule has 0 aliphatic rings. The highest BCUT2D eigenvalue weighted by atomic mass is 35.5. The van der Waals surface area contributed by atoms with Gasteiger partial charge in [-0.25, -0.2) is 0 Å². The molecule has 19 heavy (non-hydrogen) atoms. The van der Waals surface area contributed by atoms with Crippen LogP contribution in [0.3, 0.4) is 0 Å². The minimum absolute atomic E-state index is 0.209. The van der Waals surface area contributed by atoms with Crippen LogP contribution in [0.1, 0.15) is 12.5 Å². The van der Waals surface area contributed by atoms with E-state index in [9.17, 15) is 5.11 Å². The van der Waals surface area contributed by atoms with E-state index in [-0.39, 0.29) is 11.8 Å². The minimum atomic E-state index is 0.209. The zero-order valence-electron chi connectivity index (χ0n) is 10.5. The van der Waals surface area contributed by atoms with E-state index in [1.165, 1.54) is 0 Å². The van der Waals surface area contributed by atoms with Crippen LogP contribution in [-0.4, -0.2) is 11.1 Å². The van der Waals surface area contributed by atoms with E-state index in [1.54, 1.807) is 24.3 Å². The van der Waals surface area contributed by atoms with Gasteiger partial charge in [-0.05, 0) is 49.2 Å². The molecule has 4 heteroatoms. The van der Waals surface area contributed by atoms with Crippen molar-refractivity contribution in [2.45, 2.75) is 19.4 Å². The number of nitrogens with one attached hydrogen (secondary N) is 1. The van der Waals surface area contributed by atoms with E-state index in [1.807, 2.05) is 18.2 Å². The maximum absolute atomic E-state index is 9.25. The van der Waals surface area contributed by atoms with Gasteiger partial charge in [0, 0.05) is 11.1 Å². The van der Waals surface area contributed by atoms with Crippen LogP contribution >= 0.6 is 23.2 Å². The lowest BCUT2D eigenvalue weighted by atomic mass is 10.1. The summed E-state index contributed by atoms with van der Waals surface area (Å²) in [5, 5.41) is 13.9. The Morgan fingerprint density at radius 3 is 2.47 bits per heavy atom. The van der Waals surface area contributed by atoms with E-state index in [0.717, 1.165) is 17.7 Å². The molecule has 2 aromatic rings. The zero-order valence-corrected chi connectivity index (χ0v) is 12.0. The second-order valence-electron chi connectivity index (χ2n) is 4.54. The van der Waals surface area contributed by atoms with Crippen LogP contribution in [0.4, 0.5) is 5.69 Å². The number of hydrogen-bond acceptors (Lipinski definition) is 2. The second kappa shape index (κ2) is 6.18. The van der Waals surface area contributed by atoms with E-state index in [2.05, 4.69) is 12.2 Å². The van der Waals surface area contributed by atoms with Crippen LogP contribution in [0.15, 0.2) is 42.5 Å². The van der Waals surface area contributed by atoms with Gasteiger partial charge in [0.1, 0.15) is 5.75 Å². The van der Waals surface area contributed by atoms with Gasteiger partial charge in [-0.2, -0.15) is 0 Å². The normalized spacial score (nSPS) is 12.2. The highest BCUT2D eigenvalue weighted by Crippen LogP contribution is 2.26.